The number of fused-ring (bicyclic) bond motifs is 5. The molecule has 0 aromatic carbocycles. The molecule has 2 heterocycles. The second kappa shape index (κ2) is 16.7. The van der Waals surface area contributed by atoms with Gasteiger partial charge in [0.05, 0.1) is 37.1 Å². The summed E-state index contributed by atoms with van der Waals surface area (Å²) in [6, 6.07) is 0. The first-order chi connectivity index (χ1) is 27.0. The molecule has 4 aliphatic carbocycles. The highest BCUT2D eigenvalue weighted by atomic mass is 17.1. The summed E-state index contributed by atoms with van der Waals surface area (Å²) in [5.74, 6) is -1.15. The molecule has 0 spiro atoms. The van der Waals surface area contributed by atoms with E-state index in [9.17, 15) is 56.3 Å². The van der Waals surface area contributed by atoms with Gasteiger partial charge >= 0.3 is 0 Å². The van der Waals surface area contributed by atoms with Crippen molar-refractivity contribution >= 4 is 0 Å². The lowest BCUT2D eigenvalue weighted by molar-refractivity contribution is -0.350. The number of aliphatic hydroxyl groups excluding tert-OH is 10. The van der Waals surface area contributed by atoms with Crippen LogP contribution in [0.3, 0.4) is 0 Å². The Morgan fingerprint density at radius 2 is 1.36 bits per heavy atom. The van der Waals surface area contributed by atoms with E-state index in [2.05, 4.69) is 27.4 Å². The van der Waals surface area contributed by atoms with Crippen LogP contribution in [0, 0.1) is 45.3 Å². The van der Waals surface area contributed by atoms with Crippen LogP contribution in [0.1, 0.15) is 99.8 Å². The van der Waals surface area contributed by atoms with Crippen LogP contribution < -0.4 is 0 Å². The average Bonchev–Trinajstić information content (AvgIpc) is 3.55. The molecule has 0 amide bonds. The summed E-state index contributed by atoms with van der Waals surface area (Å²) >= 11 is 0. The SMILES string of the molecule is C=C(C)C(CC[C@](C)(O[C@@H]1O[C@H](CO)[C@@H](O)[C@H](O)[C@H]1O)[C@H]1CC[C@]2(C)[C@@H]1[C@H](O)C[C@@H]1[C@@]3(C)CC[C@H](O)C(C)(C)[C@@H]3[C@@H](O[C@@H]3O[C@H](CO)[C@@H](O)[C@H](O)[C@H]3O)C[C@]12C)OO. The Morgan fingerprint density at radius 1 is 0.793 bits per heavy atom. The highest BCUT2D eigenvalue weighted by Crippen LogP contribution is 2.76. The number of rotatable bonds is 12. The minimum absolute atomic E-state index is 0.0605. The topological polar surface area (TPSA) is 269 Å². The van der Waals surface area contributed by atoms with Gasteiger partial charge in [-0.3, -0.25) is 5.26 Å². The Bertz CT molecular complexity index is 1450. The van der Waals surface area contributed by atoms with Gasteiger partial charge in [0.25, 0.3) is 0 Å². The molecule has 22 atom stereocenters. The summed E-state index contributed by atoms with van der Waals surface area (Å²) in [5, 5.41) is 119. The predicted octanol–water partition coefficient (Wildman–Crippen LogP) is 0.588. The van der Waals surface area contributed by atoms with Crippen molar-refractivity contribution in [3.05, 3.63) is 12.2 Å². The molecule has 6 fully saturated rings. The summed E-state index contributed by atoms with van der Waals surface area (Å²) < 4.78 is 25.3. The highest BCUT2D eigenvalue weighted by Gasteiger charge is 2.74. The fourth-order valence-corrected chi connectivity index (χ4v) is 13.6. The van der Waals surface area contributed by atoms with Gasteiger partial charge in [0.1, 0.15) is 54.9 Å². The molecule has 336 valence electrons. The molecule has 58 heavy (non-hydrogen) atoms. The van der Waals surface area contributed by atoms with E-state index in [1.807, 2.05) is 20.8 Å². The normalized spacial score (nSPS) is 51.9. The fourth-order valence-electron chi connectivity index (χ4n) is 13.6. The van der Waals surface area contributed by atoms with Gasteiger partial charge in [-0.1, -0.05) is 41.2 Å². The third kappa shape index (κ3) is 7.35. The van der Waals surface area contributed by atoms with Crippen molar-refractivity contribution in [2.24, 2.45) is 45.3 Å². The first-order valence-electron chi connectivity index (χ1n) is 21.2. The van der Waals surface area contributed by atoms with Gasteiger partial charge in [-0.15, -0.1) is 0 Å². The Kier molecular flexibility index (Phi) is 13.4. The maximum atomic E-state index is 12.6. The third-order valence-electron chi connectivity index (χ3n) is 17.0. The van der Waals surface area contributed by atoms with Crippen molar-refractivity contribution in [2.45, 2.75) is 191 Å². The largest absolute Gasteiger partial charge is 0.394 e. The summed E-state index contributed by atoms with van der Waals surface area (Å²) in [7, 11) is 0. The van der Waals surface area contributed by atoms with Crippen molar-refractivity contribution in [2.75, 3.05) is 13.2 Å². The molecule has 16 heteroatoms. The second-order valence-corrected chi connectivity index (χ2v) is 20.4. The van der Waals surface area contributed by atoms with E-state index in [1.165, 1.54) is 0 Å². The molecule has 0 aromatic rings. The number of aliphatic hydroxyl groups is 10. The van der Waals surface area contributed by atoms with Gasteiger partial charge in [0, 0.05) is 0 Å². The smallest absolute Gasteiger partial charge is 0.187 e. The van der Waals surface area contributed by atoms with Crippen LogP contribution in [-0.2, 0) is 23.8 Å². The standard InChI is InChI=1S/C42H72O16/c1-19(2)22(58-53)10-14-42(8,57-37-34(52)32(50)30(48)25(18-44)56-37)20-9-13-40(6)28(20)21(45)15-26-39(5)12-11-27(46)38(3,4)35(39)23(16-41(26,40)7)54-36-33(51)31(49)29(47)24(17-43)55-36/h20-37,43-53H,1,9-18H2,2-8H3/t20-,21+,22?,23-,24+,25+,26+,27-,28-,29+,30+,31-,32-,33+,34+,35-,36+,37-,39+,40+,41+,42-/m0/s1. The lowest BCUT2D eigenvalue weighted by Gasteiger charge is -2.72. The Morgan fingerprint density at radius 3 is 1.91 bits per heavy atom. The van der Waals surface area contributed by atoms with Gasteiger partial charge in [-0.25, -0.2) is 4.89 Å². The van der Waals surface area contributed by atoms with Gasteiger partial charge in [-0.2, -0.15) is 0 Å². The van der Waals surface area contributed by atoms with Crippen molar-refractivity contribution in [1.29, 1.82) is 0 Å². The van der Waals surface area contributed by atoms with E-state index < -0.39 is 132 Å². The molecule has 11 N–H and O–H groups in total. The lowest BCUT2D eigenvalue weighted by atomic mass is 9.34. The van der Waals surface area contributed by atoms with Crippen LogP contribution in [-0.4, -0.2) is 161 Å². The zero-order valence-electron chi connectivity index (χ0n) is 35.1. The maximum absolute atomic E-state index is 12.6. The first kappa shape index (κ1) is 46.6. The lowest BCUT2D eigenvalue weighted by Crippen LogP contribution is -2.71. The molecule has 0 aromatic heterocycles. The van der Waals surface area contributed by atoms with Crippen LogP contribution >= 0.6 is 0 Å². The van der Waals surface area contributed by atoms with Gasteiger partial charge < -0.3 is 70.0 Å². The van der Waals surface area contributed by atoms with Crippen LogP contribution in [0.25, 0.3) is 0 Å². The van der Waals surface area contributed by atoms with Crippen LogP contribution in [0.15, 0.2) is 12.2 Å². The average molecular weight is 833 g/mol. The molecular formula is C42H72O16. The summed E-state index contributed by atoms with van der Waals surface area (Å²) in [6.07, 6.45) is -14.2. The molecule has 6 rings (SSSR count). The Hall–Kier alpha value is -0.900. The van der Waals surface area contributed by atoms with E-state index in [-0.39, 0.29) is 30.6 Å². The zero-order valence-corrected chi connectivity index (χ0v) is 35.1. The summed E-state index contributed by atoms with van der Waals surface area (Å²) in [5.41, 5.74) is -2.95. The van der Waals surface area contributed by atoms with E-state index >= 15 is 0 Å². The molecular weight excluding hydrogens is 760 g/mol. The number of hydrogen-bond acceptors (Lipinski definition) is 16. The van der Waals surface area contributed by atoms with Gasteiger partial charge in [-0.05, 0) is 116 Å². The molecule has 1 unspecified atom stereocenters. The Balaban J connectivity index is 1.40. The van der Waals surface area contributed by atoms with Gasteiger partial charge in [0.2, 0.25) is 0 Å². The summed E-state index contributed by atoms with van der Waals surface area (Å²) in [6.45, 7) is 16.9. The molecule has 4 saturated carbocycles. The third-order valence-corrected chi connectivity index (χ3v) is 17.0. The maximum Gasteiger partial charge on any atom is 0.187 e. The molecule has 0 radical (unpaired) electrons. The monoisotopic (exact) mass is 832 g/mol. The number of ether oxygens (including phenoxy) is 4. The second-order valence-electron chi connectivity index (χ2n) is 20.4. The van der Waals surface area contributed by atoms with Crippen LogP contribution in [0.2, 0.25) is 0 Å². The number of hydrogen-bond donors (Lipinski definition) is 11. The van der Waals surface area contributed by atoms with Crippen molar-refractivity contribution in [3.8, 4) is 0 Å². The first-order valence-corrected chi connectivity index (χ1v) is 21.2. The molecule has 0 bridgehead atoms. The molecule has 2 aliphatic heterocycles. The van der Waals surface area contributed by atoms with E-state index in [0.29, 0.717) is 44.1 Å². The fraction of sp³-hybridized carbons (Fsp3) is 0.952. The van der Waals surface area contributed by atoms with E-state index in [0.717, 1.165) is 0 Å². The van der Waals surface area contributed by atoms with Crippen LogP contribution in [0.5, 0.6) is 0 Å². The van der Waals surface area contributed by atoms with Gasteiger partial charge in [0.15, 0.2) is 12.6 Å². The molecule has 16 nitrogen and oxygen atoms in total. The summed E-state index contributed by atoms with van der Waals surface area (Å²) in [4.78, 5) is 4.78. The quantitative estimate of drug-likeness (QED) is 0.0556. The molecule has 2 saturated heterocycles. The van der Waals surface area contributed by atoms with Crippen molar-refractivity contribution in [1.82, 2.24) is 0 Å². The predicted molar refractivity (Wildman–Crippen MR) is 205 cm³/mol. The Labute approximate surface area is 341 Å². The van der Waals surface area contributed by atoms with E-state index in [4.69, 9.17) is 23.8 Å². The van der Waals surface area contributed by atoms with Crippen molar-refractivity contribution < 1.29 is 80.2 Å². The minimum Gasteiger partial charge on any atom is -0.394 e. The van der Waals surface area contributed by atoms with Crippen LogP contribution in [0.4, 0.5) is 0 Å². The van der Waals surface area contributed by atoms with Crippen molar-refractivity contribution in [3.63, 3.8) is 0 Å². The zero-order chi connectivity index (χ0) is 43.1. The minimum atomic E-state index is -1.67. The van der Waals surface area contributed by atoms with E-state index in [1.54, 1.807) is 6.92 Å². The highest BCUT2D eigenvalue weighted by molar-refractivity contribution is 5.22. The molecule has 6 aliphatic rings.